The second kappa shape index (κ2) is 7.43. The molecule has 0 unspecified atom stereocenters. The van der Waals surface area contributed by atoms with Crippen LogP contribution < -0.4 is 4.90 Å². The number of fused-ring (bicyclic) bond motifs is 3. The third-order valence-corrected chi connectivity index (χ3v) is 6.13. The van der Waals surface area contributed by atoms with Crippen molar-refractivity contribution in [2.75, 3.05) is 25.0 Å². The average molecular weight is 413 g/mol. The van der Waals surface area contributed by atoms with Crippen LogP contribution in [0.25, 0.3) is 11.1 Å². The molecule has 0 radical (unpaired) electrons. The topological polar surface area (TPSA) is 45.4 Å². The van der Waals surface area contributed by atoms with Gasteiger partial charge in [0.05, 0.1) is 18.4 Å². The Morgan fingerprint density at radius 1 is 1.14 bits per heavy atom. The van der Waals surface area contributed by atoms with Crippen molar-refractivity contribution < 1.29 is 8.91 Å². The first-order valence-electron chi connectivity index (χ1n) is 9.91. The number of hydrogen-bond acceptors (Lipinski definition) is 5. The first-order chi connectivity index (χ1) is 14.1. The summed E-state index contributed by atoms with van der Waals surface area (Å²) in [6, 6.07) is 9.28. The van der Waals surface area contributed by atoms with Gasteiger partial charge in [-0.3, -0.25) is 4.90 Å². The van der Waals surface area contributed by atoms with Gasteiger partial charge >= 0.3 is 0 Å². The van der Waals surface area contributed by atoms with Crippen molar-refractivity contribution in [3.05, 3.63) is 64.4 Å². The molecule has 1 saturated heterocycles. The molecule has 5 nitrogen and oxygen atoms in total. The minimum Gasteiger partial charge on any atom is -0.359 e. The Kier molecular flexibility index (Phi) is 4.76. The fourth-order valence-electron chi connectivity index (χ4n) is 4.48. The van der Waals surface area contributed by atoms with Gasteiger partial charge in [0.15, 0.2) is 5.76 Å². The van der Waals surface area contributed by atoms with Gasteiger partial charge in [0.2, 0.25) is 0 Å². The molecule has 5 rings (SSSR count). The number of hydrogen-bond donors (Lipinski definition) is 0. The molecule has 3 aromatic rings. The van der Waals surface area contributed by atoms with Gasteiger partial charge in [0.25, 0.3) is 0 Å². The predicted octanol–water partition coefficient (Wildman–Crippen LogP) is 4.86. The maximum absolute atomic E-state index is 13.2. The van der Waals surface area contributed by atoms with Gasteiger partial charge < -0.3 is 9.42 Å². The second-order valence-electron chi connectivity index (χ2n) is 7.94. The molecule has 0 N–H and O–H groups in total. The molecule has 7 heteroatoms. The number of benzene rings is 1. The molecule has 2 aromatic heterocycles. The molecule has 2 aliphatic heterocycles. The van der Waals surface area contributed by atoms with E-state index in [0.29, 0.717) is 5.92 Å². The van der Waals surface area contributed by atoms with Crippen molar-refractivity contribution >= 4 is 17.4 Å². The van der Waals surface area contributed by atoms with Gasteiger partial charge in [-0.05, 0) is 55.3 Å². The van der Waals surface area contributed by atoms with Gasteiger partial charge in [-0.25, -0.2) is 9.37 Å². The molecule has 1 aromatic carbocycles. The number of rotatable bonds is 2. The van der Waals surface area contributed by atoms with Gasteiger partial charge in [-0.2, -0.15) is 0 Å². The fourth-order valence-corrected chi connectivity index (χ4v) is 4.67. The van der Waals surface area contributed by atoms with Crippen LogP contribution >= 0.6 is 11.6 Å². The molecule has 0 amide bonds. The van der Waals surface area contributed by atoms with Crippen molar-refractivity contribution in [3.8, 4) is 11.1 Å². The molecular formula is C22H22ClFN4O. The monoisotopic (exact) mass is 412 g/mol. The molecule has 0 atom stereocenters. The maximum atomic E-state index is 13.2. The molecule has 0 saturated carbocycles. The van der Waals surface area contributed by atoms with Crippen LogP contribution in [0.2, 0.25) is 5.02 Å². The number of nitrogens with zero attached hydrogens (tertiary/aromatic N) is 4. The lowest BCUT2D eigenvalue weighted by Gasteiger charge is -2.32. The van der Waals surface area contributed by atoms with Crippen LogP contribution in [0.15, 0.2) is 41.1 Å². The number of anilines is 1. The van der Waals surface area contributed by atoms with Crippen LogP contribution in [-0.4, -0.2) is 35.2 Å². The van der Waals surface area contributed by atoms with Crippen LogP contribution in [-0.2, 0) is 13.1 Å². The summed E-state index contributed by atoms with van der Waals surface area (Å²) in [5.41, 5.74) is 4.56. The van der Waals surface area contributed by atoms with Crippen LogP contribution in [0.4, 0.5) is 10.2 Å². The summed E-state index contributed by atoms with van der Waals surface area (Å²) < 4.78 is 19.0. The smallest absolute Gasteiger partial charge is 0.158 e. The van der Waals surface area contributed by atoms with Crippen molar-refractivity contribution in [2.45, 2.75) is 31.8 Å². The predicted molar refractivity (Wildman–Crippen MR) is 111 cm³/mol. The minimum absolute atomic E-state index is 0.308. The van der Waals surface area contributed by atoms with E-state index in [9.17, 15) is 4.39 Å². The highest BCUT2D eigenvalue weighted by Gasteiger charge is 2.31. The zero-order chi connectivity index (χ0) is 20.0. The van der Waals surface area contributed by atoms with Gasteiger partial charge in [0, 0.05) is 36.1 Å². The Balaban J connectivity index is 1.43. The van der Waals surface area contributed by atoms with E-state index in [1.165, 1.54) is 23.4 Å². The highest BCUT2D eigenvalue weighted by Crippen LogP contribution is 2.41. The lowest BCUT2D eigenvalue weighted by Crippen LogP contribution is -2.33. The number of halogens is 2. The maximum Gasteiger partial charge on any atom is 0.158 e. The molecule has 1 fully saturated rings. The minimum atomic E-state index is -0.308. The van der Waals surface area contributed by atoms with Crippen molar-refractivity contribution in [2.24, 2.45) is 0 Å². The van der Waals surface area contributed by atoms with Gasteiger partial charge in [-0.15, -0.1) is 0 Å². The van der Waals surface area contributed by atoms with E-state index in [1.807, 2.05) is 12.1 Å². The highest BCUT2D eigenvalue weighted by molar-refractivity contribution is 6.30. The van der Waals surface area contributed by atoms with Gasteiger partial charge in [-0.1, -0.05) is 22.8 Å². The summed E-state index contributed by atoms with van der Waals surface area (Å²) in [4.78, 5) is 8.64. The summed E-state index contributed by atoms with van der Waals surface area (Å²) in [5, 5.41) is 5.26. The van der Waals surface area contributed by atoms with Crippen LogP contribution in [0.1, 0.15) is 35.8 Å². The fraction of sp³-hybridized carbons (Fsp3) is 0.364. The third-order valence-electron chi connectivity index (χ3n) is 5.90. The van der Waals surface area contributed by atoms with Crippen molar-refractivity contribution in [3.63, 3.8) is 0 Å². The van der Waals surface area contributed by atoms with E-state index < -0.39 is 0 Å². The number of pyridine rings is 1. The van der Waals surface area contributed by atoms with Crippen LogP contribution in [0.3, 0.4) is 0 Å². The summed E-state index contributed by atoms with van der Waals surface area (Å²) in [5.74, 6) is 1.76. The summed E-state index contributed by atoms with van der Waals surface area (Å²) in [6.45, 7) is 3.28. The number of piperidine rings is 1. The Morgan fingerprint density at radius 2 is 1.97 bits per heavy atom. The molecule has 0 aliphatic carbocycles. The Hall–Kier alpha value is -2.44. The molecule has 150 valence electrons. The highest BCUT2D eigenvalue weighted by atomic mass is 35.5. The Morgan fingerprint density at radius 3 is 2.72 bits per heavy atom. The SMILES string of the molecule is CN1Cc2cc(Cl)ccc2-c2c(C3CCN(c4ccc(F)cn4)CC3)noc2C1. The first kappa shape index (κ1) is 18.6. The Bertz CT molecular complexity index is 1030. The third kappa shape index (κ3) is 3.51. The van der Waals surface area contributed by atoms with Crippen LogP contribution in [0.5, 0.6) is 0 Å². The standard InChI is InChI=1S/C22H22ClFN4O/c1-27-12-15-10-16(23)2-4-18(15)21-19(13-27)29-26-22(21)14-6-8-28(9-7-14)20-5-3-17(24)11-25-20/h2-5,10-11,14H,6-9,12-13H2,1H3. The molecule has 2 aliphatic rings. The zero-order valence-electron chi connectivity index (χ0n) is 16.2. The summed E-state index contributed by atoms with van der Waals surface area (Å²) in [6.07, 6.45) is 3.19. The normalized spacial score (nSPS) is 17.7. The van der Waals surface area contributed by atoms with Crippen molar-refractivity contribution in [1.29, 1.82) is 0 Å². The summed E-state index contributed by atoms with van der Waals surface area (Å²) in [7, 11) is 2.08. The average Bonchev–Trinajstić information content (AvgIpc) is 3.06. The lowest BCUT2D eigenvalue weighted by molar-refractivity contribution is 0.268. The Labute approximate surface area is 174 Å². The van der Waals surface area contributed by atoms with E-state index in [-0.39, 0.29) is 5.82 Å². The summed E-state index contributed by atoms with van der Waals surface area (Å²) >= 11 is 6.26. The quantitative estimate of drug-likeness (QED) is 0.601. The molecule has 29 heavy (non-hydrogen) atoms. The van der Waals surface area contributed by atoms with Gasteiger partial charge in [0.1, 0.15) is 11.6 Å². The first-order valence-corrected chi connectivity index (χ1v) is 10.3. The van der Waals surface area contributed by atoms with Crippen molar-refractivity contribution in [1.82, 2.24) is 15.0 Å². The van der Waals surface area contributed by atoms with E-state index in [1.54, 1.807) is 6.07 Å². The molecule has 0 bridgehead atoms. The van der Waals surface area contributed by atoms with E-state index in [2.05, 4.69) is 33.1 Å². The largest absolute Gasteiger partial charge is 0.359 e. The molecule has 0 spiro atoms. The number of aromatic nitrogens is 2. The van der Waals surface area contributed by atoms with Crippen LogP contribution in [0, 0.1) is 5.82 Å². The van der Waals surface area contributed by atoms with E-state index in [4.69, 9.17) is 16.1 Å². The lowest BCUT2D eigenvalue weighted by atomic mass is 9.87. The second-order valence-corrected chi connectivity index (χ2v) is 8.37. The molecule has 4 heterocycles. The zero-order valence-corrected chi connectivity index (χ0v) is 17.0. The van der Waals surface area contributed by atoms with E-state index >= 15 is 0 Å². The molecular weight excluding hydrogens is 391 g/mol. The van der Waals surface area contributed by atoms with E-state index in [0.717, 1.165) is 66.9 Å².